The molecule has 0 atom stereocenters. The Morgan fingerprint density at radius 1 is 0.552 bits per heavy atom. The van der Waals surface area contributed by atoms with Gasteiger partial charge in [-0.05, 0) is 6.42 Å². The van der Waals surface area contributed by atoms with Crippen molar-refractivity contribution in [2.24, 2.45) is 0 Å². The molecule has 2 rings (SSSR count). The van der Waals surface area contributed by atoms with Crippen molar-refractivity contribution in [2.45, 2.75) is 103 Å². The molecule has 29 heavy (non-hydrogen) atoms. The summed E-state index contributed by atoms with van der Waals surface area (Å²) in [6, 6.07) is 14.6. The van der Waals surface area contributed by atoms with Crippen LogP contribution in [-0.4, -0.2) is 0 Å². The number of benzene rings is 1. The fraction of sp³-hybridized carbons (Fsp3) is 0.593. The van der Waals surface area contributed by atoms with E-state index in [-0.39, 0.29) is 5.75 Å². The molecule has 0 fully saturated rings. The van der Waals surface area contributed by atoms with Gasteiger partial charge in [-0.1, -0.05) is 120 Å². The van der Waals surface area contributed by atoms with Crippen molar-refractivity contribution < 1.29 is 9.67 Å². The van der Waals surface area contributed by atoms with Crippen LogP contribution < -0.4 is 9.67 Å². The van der Waals surface area contributed by atoms with Gasteiger partial charge in [-0.3, -0.25) is 0 Å². The number of hydrogen-bond donors (Lipinski definition) is 0. The highest BCUT2D eigenvalue weighted by molar-refractivity contribution is 5.17. The lowest BCUT2D eigenvalue weighted by atomic mass is 10.0. The maximum Gasteiger partial charge on any atom is 0.168 e. The van der Waals surface area contributed by atoms with E-state index in [2.05, 4.69) is 42.1 Å². The standard InChI is InChI=1S/C21H38N.C6H6O/c1-2-3-4-5-6-7-8-9-10-11-12-13-14-16-19-22-20-17-15-18-21-22;7-6-4-2-1-3-5-6/h15,17-18,20-21H,2-14,16,19H2,1H3;1-5,7H/q+1;/p-1. The monoisotopic (exact) mass is 397 g/mol. The second kappa shape index (κ2) is 19.5. The number of hydrogen-bond acceptors (Lipinski definition) is 1. The van der Waals surface area contributed by atoms with Gasteiger partial charge in [-0.15, -0.1) is 5.75 Å². The van der Waals surface area contributed by atoms with E-state index in [0.717, 1.165) is 0 Å². The van der Waals surface area contributed by atoms with Crippen molar-refractivity contribution in [3.63, 3.8) is 0 Å². The van der Waals surface area contributed by atoms with Crippen LogP contribution in [0.2, 0.25) is 0 Å². The van der Waals surface area contributed by atoms with Crippen LogP contribution in [0.1, 0.15) is 96.8 Å². The van der Waals surface area contributed by atoms with Gasteiger partial charge in [0.25, 0.3) is 0 Å². The molecule has 0 unspecified atom stereocenters. The van der Waals surface area contributed by atoms with Gasteiger partial charge in [0, 0.05) is 18.6 Å². The fourth-order valence-corrected chi connectivity index (χ4v) is 3.49. The third-order valence-corrected chi connectivity index (χ3v) is 5.29. The second-order valence-corrected chi connectivity index (χ2v) is 8.02. The van der Waals surface area contributed by atoms with Crippen molar-refractivity contribution in [3.05, 3.63) is 60.9 Å². The number of rotatable bonds is 15. The van der Waals surface area contributed by atoms with E-state index in [4.69, 9.17) is 0 Å². The Labute approximate surface area is 180 Å². The van der Waals surface area contributed by atoms with Gasteiger partial charge < -0.3 is 5.11 Å². The molecule has 1 aromatic carbocycles. The van der Waals surface area contributed by atoms with Gasteiger partial charge >= 0.3 is 0 Å². The summed E-state index contributed by atoms with van der Waals surface area (Å²) in [5.74, 6) is 0.0718. The van der Waals surface area contributed by atoms with Gasteiger partial charge in [-0.2, -0.15) is 0 Å². The maximum absolute atomic E-state index is 10.3. The molecule has 0 amide bonds. The Morgan fingerprint density at radius 2 is 0.966 bits per heavy atom. The van der Waals surface area contributed by atoms with Crippen molar-refractivity contribution in [1.82, 2.24) is 0 Å². The predicted molar refractivity (Wildman–Crippen MR) is 123 cm³/mol. The van der Waals surface area contributed by atoms with Crippen molar-refractivity contribution in [1.29, 1.82) is 0 Å². The van der Waals surface area contributed by atoms with Gasteiger partial charge in [0.1, 0.15) is 6.54 Å². The second-order valence-electron chi connectivity index (χ2n) is 8.02. The molecule has 162 valence electrons. The van der Waals surface area contributed by atoms with E-state index in [1.165, 1.54) is 109 Å². The Morgan fingerprint density at radius 3 is 1.38 bits per heavy atom. The minimum Gasteiger partial charge on any atom is -0.872 e. The lowest BCUT2D eigenvalue weighted by molar-refractivity contribution is -0.697. The first-order valence-corrected chi connectivity index (χ1v) is 12.0. The lowest BCUT2D eigenvalue weighted by Gasteiger charge is -2.02. The number of aromatic nitrogens is 1. The molecule has 2 nitrogen and oxygen atoms in total. The largest absolute Gasteiger partial charge is 0.872 e. The SMILES string of the molecule is CCCCCCCCCCCCCCCC[n+]1ccccc1.[O-]c1ccccc1. The average Bonchev–Trinajstić information content (AvgIpc) is 2.76. The quantitative estimate of drug-likeness (QED) is 0.230. The maximum atomic E-state index is 10.3. The van der Waals surface area contributed by atoms with E-state index in [0.29, 0.717) is 0 Å². The molecule has 0 radical (unpaired) electrons. The van der Waals surface area contributed by atoms with Crippen LogP contribution in [0.4, 0.5) is 0 Å². The van der Waals surface area contributed by atoms with Crippen LogP contribution in [-0.2, 0) is 6.54 Å². The Hall–Kier alpha value is -1.83. The number of aryl methyl sites for hydroxylation is 1. The van der Waals surface area contributed by atoms with Crippen molar-refractivity contribution >= 4 is 0 Å². The Bertz CT molecular complexity index is 555. The zero-order chi connectivity index (χ0) is 20.8. The van der Waals surface area contributed by atoms with Crippen molar-refractivity contribution in [3.8, 4) is 5.75 Å². The van der Waals surface area contributed by atoms with Gasteiger partial charge in [-0.25, -0.2) is 4.57 Å². The Balaban J connectivity index is 0.000000502. The van der Waals surface area contributed by atoms with E-state index in [1.54, 1.807) is 12.1 Å². The molecule has 0 aliphatic rings. The van der Waals surface area contributed by atoms with E-state index in [1.807, 2.05) is 6.07 Å². The van der Waals surface area contributed by atoms with Gasteiger partial charge in [0.2, 0.25) is 0 Å². The normalized spacial score (nSPS) is 10.4. The topological polar surface area (TPSA) is 26.9 Å². The first kappa shape index (κ1) is 25.2. The smallest absolute Gasteiger partial charge is 0.168 e. The van der Waals surface area contributed by atoms with E-state index in [9.17, 15) is 5.11 Å². The molecule has 2 aromatic rings. The van der Waals surface area contributed by atoms with Crippen LogP contribution in [0, 0.1) is 0 Å². The van der Waals surface area contributed by atoms with Crippen LogP contribution >= 0.6 is 0 Å². The number of nitrogens with zero attached hydrogens (tertiary/aromatic N) is 1. The highest BCUT2D eigenvalue weighted by atomic mass is 16.3. The number of pyridine rings is 1. The van der Waals surface area contributed by atoms with Gasteiger partial charge in [0.15, 0.2) is 12.4 Å². The number of unbranched alkanes of at least 4 members (excludes halogenated alkanes) is 13. The molecule has 0 N–H and O–H groups in total. The highest BCUT2D eigenvalue weighted by Crippen LogP contribution is 2.12. The molecule has 0 spiro atoms. The molecule has 1 aromatic heterocycles. The summed E-state index contributed by atoms with van der Waals surface area (Å²) in [5, 5.41) is 10.3. The fourth-order valence-electron chi connectivity index (χ4n) is 3.49. The summed E-state index contributed by atoms with van der Waals surface area (Å²) in [5.41, 5.74) is 0. The van der Waals surface area contributed by atoms with Crippen LogP contribution in [0.15, 0.2) is 60.9 Å². The molecular weight excluding hydrogens is 354 g/mol. The lowest BCUT2D eigenvalue weighted by Crippen LogP contribution is -2.32. The molecule has 0 aliphatic carbocycles. The van der Waals surface area contributed by atoms with Crippen LogP contribution in [0.5, 0.6) is 5.75 Å². The molecule has 0 saturated carbocycles. The summed E-state index contributed by atoms with van der Waals surface area (Å²) in [6.07, 6.45) is 24.4. The minimum atomic E-state index is 0.0718. The third-order valence-electron chi connectivity index (χ3n) is 5.29. The minimum absolute atomic E-state index is 0.0718. The molecule has 0 aliphatic heterocycles. The first-order valence-electron chi connectivity index (χ1n) is 12.0. The van der Waals surface area contributed by atoms with Crippen LogP contribution in [0.25, 0.3) is 0 Å². The molecule has 2 heteroatoms. The predicted octanol–water partition coefficient (Wildman–Crippen LogP) is 7.22. The Kier molecular flexibility index (Phi) is 16.9. The molecule has 0 saturated heterocycles. The molecule has 0 bridgehead atoms. The molecular formula is C27H43NO. The summed E-state index contributed by atoms with van der Waals surface area (Å²) in [4.78, 5) is 0. The molecule has 1 heterocycles. The summed E-state index contributed by atoms with van der Waals surface area (Å²) >= 11 is 0. The summed E-state index contributed by atoms with van der Waals surface area (Å²) < 4.78 is 2.29. The zero-order valence-corrected chi connectivity index (χ0v) is 18.7. The van der Waals surface area contributed by atoms with E-state index >= 15 is 0 Å². The summed E-state index contributed by atoms with van der Waals surface area (Å²) in [6.45, 7) is 3.47. The van der Waals surface area contributed by atoms with E-state index < -0.39 is 0 Å². The summed E-state index contributed by atoms with van der Waals surface area (Å²) in [7, 11) is 0. The van der Waals surface area contributed by atoms with Gasteiger partial charge in [0.05, 0.1) is 0 Å². The first-order chi connectivity index (χ1) is 14.3. The number of para-hydroxylation sites is 1. The third kappa shape index (κ3) is 16.8. The zero-order valence-electron chi connectivity index (χ0n) is 18.7. The average molecular weight is 398 g/mol. The van der Waals surface area contributed by atoms with Crippen LogP contribution in [0.3, 0.4) is 0 Å². The van der Waals surface area contributed by atoms with Crippen molar-refractivity contribution in [2.75, 3.05) is 0 Å². The highest BCUT2D eigenvalue weighted by Gasteiger charge is 1.98.